The number of rotatable bonds is 7. The number of carbonyl (C=O) groups is 2. The van der Waals surface area contributed by atoms with Crippen LogP contribution in [-0.4, -0.2) is 31.9 Å². The molecule has 0 saturated heterocycles. The first-order chi connectivity index (χ1) is 12.9. The van der Waals surface area contributed by atoms with Gasteiger partial charge in [-0.25, -0.2) is 13.6 Å². The smallest absolute Gasteiger partial charge is 0.330 e. The van der Waals surface area contributed by atoms with Gasteiger partial charge in [0, 0.05) is 17.0 Å². The van der Waals surface area contributed by atoms with E-state index in [1.807, 2.05) is 0 Å². The summed E-state index contributed by atoms with van der Waals surface area (Å²) >= 11 is 0.894. The van der Waals surface area contributed by atoms with Crippen molar-refractivity contribution in [2.45, 2.75) is 4.90 Å². The van der Waals surface area contributed by atoms with Gasteiger partial charge in [0.05, 0.1) is 20.0 Å². The minimum absolute atomic E-state index is 0.142. The molecule has 0 aliphatic rings. The Morgan fingerprint density at radius 2 is 1.85 bits per heavy atom. The molecule has 0 unspecified atom stereocenters. The first-order valence-corrected chi connectivity index (χ1v) is 8.64. The first kappa shape index (κ1) is 20.4. The van der Waals surface area contributed by atoms with Crippen LogP contribution < -0.4 is 9.47 Å². The van der Waals surface area contributed by atoms with E-state index in [0.29, 0.717) is 5.56 Å². The Balaban J connectivity index is 2.02. The molecule has 0 heterocycles. The molecule has 142 valence electrons. The third-order valence-electron chi connectivity index (χ3n) is 3.26. The van der Waals surface area contributed by atoms with Gasteiger partial charge in [0.1, 0.15) is 11.6 Å². The van der Waals surface area contributed by atoms with Crippen molar-refractivity contribution in [1.29, 1.82) is 0 Å². The van der Waals surface area contributed by atoms with Crippen LogP contribution in [0.4, 0.5) is 8.78 Å². The van der Waals surface area contributed by atoms with Gasteiger partial charge >= 0.3 is 11.9 Å². The summed E-state index contributed by atoms with van der Waals surface area (Å²) in [6.07, 6.45) is 2.77. The third kappa shape index (κ3) is 6.10. The highest BCUT2D eigenvalue weighted by atomic mass is 32.2. The van der Waals surface area contributed by atoms with Gasteiger partial charge in [-0.2, -0.15) is 0 Å². The average Bonchev–Trinajstić information content (AvgIpc) is 2.66. The highest BCUT2D eigenvalue weighted by molar-refractivity contribution is 8.00. The van der Waals surface area contributed by atoms with E-state index in [1.165, 1.54) is 38.5 Å². The van der Waals surface area contributed by atoms with Gasteiger partial charge < -0.3 is 14.2 Å². The summed E-state index contributed by atoms with van der Waals surface area (Å²) in [5, 5.41) is 0. The summed E-state index contributed by atoms with van der Waals surface area (Å²) < 4.78 is 41.4. The molecule has 2 rings (SSSR count). The summed E-state index contributed by atoms with van der Waals surface area (Å²) in [4.78, 5) is 23.3. The van der Waals surface area contributed by atoms with Crippen LogP contribution in [0, 0.1) is 11.6 Å². The summed E-state index contributed by atoms with van der Waals surface area (Å²) in [6, 6.07) is 7.83. The van der Waals surface area contributed by atoms with Crippen LogP contribution in [0.25, 0.3) is 6.08 Å². The van der Waals surface area contributed by atoms with Crippen molar-refractivity contribution in [3.05, 3.63) is 59.7 Å². The molecule has 0 atom stereocenters. The molecule has 0 bridgehead atoms. The third-order valence-corrected chi connectivity index (χ3v) is 4.29. The highest BCUT2D eigenvalue weighted by Crippen LogP contribution is 2.29. The molecule has 0 aliphatic heterocycles. The second-order valence-electron chi connectivity index (χ2n) is 5.10. The molecule has 2 aromatic carbocycles. The predicted molar refractivity (Wildman–Crippen MR) is 96.8 cm³/mol. The number of thioether (sulfide) groups is 1. The number of ether oxygens (including phenoxy) is 3. The van der Waals surface area contributed by atoms with E-state index < -0.39 is 23.6 Å². The van der Waals surface area contributed by atoms with Crippen LogP contribution in [0.15, 0.2) is 47.4 Å². The van der Waals surface area contributed by atoms with Crippen molar-refractivity contribution >= 4 is 29.8 Å². The minimum atomic E-state index is -0.743. The number of methoxy groups -OCH3 is 2. The fraction of sp³-hybridized carbons (Fsp3) is 0.158. The van der Waals surface area contributed by atoms with Crippen LogP contribution in [-0.2, 0) is 14.3 Å². The van der Waals surface area contributed by atoms with E-state index >= 15 is 0 Å². The largest absolute Gasteiger partial charge is 0.493 e. The Hall–Kier alpha value is -2.87. The predicted octanol–water partition coefficient (Wildman–Crippen LogP) is 3.86. The second kappa shape index (κ2) is 9.72. The van der Waals surface area contributed by atoms with Gasteiger partial charge in [-0.05, 0) is 35.9 Å². The van der Waals surface area contributed by atoms with Crippen molar-refractivity contribution < 1.29 is 32.6 Å². The molecule has 2 aromatic rings. The SMILES string of the molecule is COC(=O)/C=C/c1ccc(OC(=O)CSc2ccc(F)cc2F)c(OC)c1. The van der Waals surface area contributed by atoms with Crippen LogP contribution in [0.5, 0.6) is 11.5 Å². The maximum atomic E-state index is 13.6. The molecule has 0 amide bonds. The lowest BCUT2D eigenvalue weighted by molar-refractivity contribution is -0.135. The molecule has 0 radical (unpaired) electrons. The number of esters is 2. The Morgan fingerprint density at radius 3 is 2.52 bits per heavy atom. The van der Waals surface area contributed by atoms with Gasteiger partial charge in [-0.15, -0.1) is 11.8 Å². The molecular weight excluding hydrogens is 378 g/mol. The van der Waals surface area contributed by atoms with E-state index in [9.17, 15) is 18.4 Å². The summed E-state index contributed by atoms with van der Waals surface area (Å²) in [6.45, 7) is 0. The zero-order valence-corrected chi connectivity index (χ0v) is 15.3. The van der Waals surface area contributed by atoms with E-state index in [1.54, 1.807) is 12.1 Å². The van der Waals surface area contributed by atoms with Gasteiger partial charge in [-0.1, -0.05) is 6.07 Å². The van der Waals surface area contributed by atoms with E-state index in [-0.39, 0.29) is 22.1 Å². The minimum Gasteiger partial charge on any atom is -0.493 e. The van der Waals surface area contributed by atoms with Crippen LogP contribution in [0.3, 0.4) is 0 Å². The van der Waals surface area contributed by atoms with E-state index in [0.717, 1.165) is 23.9 Å². The zero-order chi connectivity index (χ0) is 19.8. The molecular formula is C19H16F2O5S. The number of benzene rings is 2. The number of halogens is 2. The van der Waals surface area contributed by atoms with Crippen LogP contribution in [0.1, 0.15) is 5.56 Å². The van der Waals surface area contributed by atoms with Gasteiger partial charge in [0.25, 0.3) is 0 Å². The van der Waals surface area contributed by atoms with Gasteiger partial charge in [-0.3, -0.25) is 4.79 Å². The first-order valence-electron chi connectivity index (χ1n) is 7.65. The average molecular weight is 394 g/mol. The van der Waals surface area contributed by atoms with Crippen LogP contribution in [0.2, 0.25) is 0 Å². The Morgan fingerprint density at radius 1 is 1.07 bits per heavy atom. The van der Waals surface area contributed by atoms with Crippen molar-refractivity contribution in [3.8, 4) is 11.5 Å². The molecule has 5 nitrogen and oxygen atoms in total. The molecule has 0 spiro atoms. The zero-order valence-electron chi connectivity index (χ0n) is 14.5. The lowest BCUT2D eigenvalue weighted by Gasteiger charge is -2.10. The lowest BCUT2D eigenvalue weighted by atomic mass is 10.2. The van der Waals surface area contributed by atoms with Crippen LogP contribution >= 0.6 is 11.8 Å². The van der Waals surface area contributed by atoms with E-state index in [4.69, 9.17) is 9.47 Å². The molecule has 0 fully saturated rings. The summed E-state index contributed by atoms with van der Waals surface area (Å²) in [5.41, 5.74) is 0.639. The molecule has 8 heteroatoms. The van der Waals surface area contributed by atoms with Gasteiger partial charge in [0.15, 0.2) is 11.5 Å². The molecule has 0 saturated carbocycles. The standard InChI is InChI=1S/C19H16F2O5S/c1-24-16-9-12(4-8-18(22)25-2)3-6-15(16)26-19(23)11-27-17-7-5-13(20)10-14(17)21/h3-10H,11H2,1-2H3/b8-4+. The Labute approximate surface area is 158 Å². The normalized spacial score (nSPS) is 10.7. The topological polar surface area (TPSA) is 61.8 Å². The summed E-state index contributed by atoms with van der Waals surface area (Å²) in [5.74, 6) is -2.27. The Kier molecular flexibility index (Phi) is 7.36. The second-order valence-corrected chi connectivity index (χ2v) is 6.12. The number of hydrogen-bond donors (Lipinski definition) is 0. The maximum Gasteiger partial charge on any atom is 0.330 e. The maximum absolute atomic E-state index is 13.6. The van der Waals surface area contributed by atoms with E-state index in [2.05, 4.69) is 4.74 Å². The number of carbonyl (C=O) groups excluding carboxylic acids is 2. The van der Waals surface area contributed by atoms with Gasteiger partial charge in [0.2, 0.25) is 0 Å². The lowest BCUT2D eigenvalue weighted by Crippen LogP contribution is -2.11. The highest BCUT2D eigenvalue weighted by Gasteiger charge is 2.13. The Bertz CT molecular complexity index is 867. The molecule has 0 aromatic heterocycles. The quantitative estimate of drug-likeness (QED) is 0.308. The van der Waals surface area contributed by atoms with Crippen molar-refractivity contribution in [3.63, 3.8) is 0 Å². The molecule has 27 heavy (non-hydrogen) atoms. The fourth-order valence-electron chi connectivity index (χ4n) is 1.99. The fourth-order valence-corrected chi connectivity index (χ4v) is 2.68. The van der Waals surface area contributed by atoms with Crippen molar-refractivity contribution in [2.24, 2.45) is 0 Å². The number of hydrogen-bond acceptors (Lipinski definition) is 6. The summed E-state index contributed by atoms with van der Waals surface area (Å²) in [7, 11) is 2.68. The van der Waals surface area contributed by atoms with Crippen molar-refractivity contribution in [1.82, 2.24) is 0 Å². The monoisotopic (exact) mass is 394 g/mol. The van der Waals surface area contributed by atoms with Crippen molar-refractivity contribution in [2.75, 3.05) is 20.0 Å². The molecule has 0 N–H and O–H groups in total. The molecule has 0 aliphatic carbocycles.